The zero-order valence-electron chi connectivity index (χ0n) is 9.00. The molecule has 0 saturated heterocycles. The molecule has 0 unspecified atom stereocenters. The van der Waals surface area contributed by atoms with Crippen molar-refractivity contribution < 1.29 is 0 Å². The summed E-state index contributed by atoms with van der Waals surface area (Å²) in [5.74, 6) is 1.25. The first-order valence-electron chi connectivity index (χ1n) is 5.14. The maximum Gasteiger partial charge on any atom is 0.0959 e. The van der Waals surface area contributed by atoms with E-state index in [2.05, 4.69) is 38.1 Å². The molecule has 1 aromatic heterocycles. The van der Waals surface area contributed by atoms with E-state index in [0.717, 1.165) is 0 Å². The summed E-state index contributed by atoms with van der Waals surface area (Å²) in [4.78, 5) is 4.67. The van der Waals surface area contributed by atoms with Crippen LogP contribution in [0.5, 0.6) is 0 Å². The molecule has 0 saturated carbocycles. The monoisotopic (exact) mass is 197 g/mol. The average molecular weight is 197 g/mol. The topological polar surface area (TPSA) is 12.9 Å². The van der Waals surface area contributed by atoms with Gasteiger partial charge in [-0.1, -0.05) is 27.7 Å². The fourth-order valence-electron chi connectivity index (χ4n) is 1.39. The molecule has 0 bridgehead atoms. The van der Waals surface area contributed by atoms with Gasteiger partial charge in [-0.2, -0.15) is 0 Å². The summed E-state index contributed by atoms with van der Waals surface area (Å²) in [6.45, 7) is 8.88. The third-order valence-corrected chi connectivity index (χ3v) is 3.49. The number of aromatic nitrogens is 1. The molecule has 0 atom stereocenters. The van der Waals surface area contributed by atoms with E-state index in [-0.39, 0.29) is 0 Å². The zero-order chi connectivity index (χ0) is 9.84. The van der Waals surface area contributed by atoms with Gasteiger partial charge in [0.05, 0.1) is 10.7 Å². The lowest BCUT2D eigenvalue weighted by molar-refractivity contribution is 0.632. The van der Waals surface area contributed by atoms with Gasteiger partial charge < -0.3 is 0 Å². The normalized spacial score (nSPS) is 11.5. The quantitative estimate of drug-likeness (QED) is 0.706. The summed E-state index contributed by atoms with van der Waals surface area (Å²) in [6, 6.07) is 0. The highest BCUT2D eigenvalue weighted by molar-refractivity contribution is 7.09. The van der Waals surface area contributed by atoms with Crippen molar-refractivity contribution in [2.24, 2.45) is 0 Å². The summed E-state index contributed by atoms with van der Waals surface area (Å²) < 4.78 is 0. The molecule has 0 N–H and O–H groups in total. The molecule has 0 amide bonds. The van der Waals surface area contributed by atoms with Crippen LogP contribution < -0.4 is 0 Å². The smallest absolute Gasteiger partial charge is 0.0959 e. The van der Waals surface area contributed by atoms with Crippen molar-refractivity contribution in [2.75, 3.05) is 0 Å². The first-order valence-corrected chi connectivity index (χ1v) is 6.02. The van der Waals surface area contributed by atoms with Crippen LogP contribution in [0.1, 0.15) is 63.1 Å². The molecule has 0 spiro atoms. The van der Waals surface area contributed by atoms with Crippen molar-refractivity contribution >= 4 is 11.3 Å². The lowest BCUT2D eigenvalue weighted by Gasteiger charge is -2.07. The van der Waals surface area contributed by atoms with E-state index in [1.165, 1.54) is 23.5 Å². The van der Waals surface area contributed by atoms with Crippen LogP contribution in [-0.4, -0.2) is 4.98 Å². The molecule has 0 fully saturated rings. The maximum atomic E-state index is 4.67. The van der Waals surface area contributed by atoms with Crippen LogP contribution in [0.2, 0.25) is 0 Å². The highest BCUT2D eigenvalue weighted by Gasteiger charge is 2.12. The first-order chi connectivity index (χ1) is 6.19. The molecule has 0 radical (unpaired) electrons. The third kappa shape index (κ3) is 2.53. The largest absolute Gasteiger partial charge is 0.246 e. The Morgan fingerprint density at radius 3 is 2.31 bits per heavy atom. The van der Waals surface area contributed by atoms with Crippen LogP contribution in [0.15, 0.2) is 5.38 Å². The maximum absolute atomic E-state index is 4.67. The van der Waals surface area contributed by atoms with E-state index in [1.807, 2.05) is 11.3 Å². The predicted octanol–water partition coefficient (Wildman–Crippen LogP) is 4.17. The molecule has 1 rings (SSSR count). The van der Waals surface area contributed by atoms with Crippen LogP contribution in [0.4, 0.5) is 0 Å². The first kappa shape index (κ1) is 10.7. The summed E-state index contributed by atoms with van der Waals surface area (Å²) in [6.07, 6.45) is 2.42. The van der Waals surface area contributed by atoms with Crippen LogP contribution in [0.3, 0.4) is 0 Å². The lowest BCUT2D eigenvalue weighted by atomic mass is 10.0. The predicted molar refractivity (Wildman–Crippen MR) is 59.5 cm³/mol. The van der Waals surface area contributed by atoms with Crippen LogP contribution >= 0.6 is 11.3 Å². The van der Waals surface area contributed by atoms with E-state index < -0.39 is 0 Å². The van der Waals surface area contributed by atoms with Gasteiger partial charge in [0.1, 0.15) is 0 Å². The number of rotatable bonds is 4. The van der Waals surface area contributed by atoms with Crippen molar-refractivity contribution in [3.8, 4) is 0 Å². The summed E-state index contributed by atoms with van der Waals surface area (Å²) in [7, 11) is 0. The molecule has 1 heterocycles. The van der Waals surface area contributed by atoms with Gasteiger partial charge in [0.15, 0.2) is 0 Å². The van der Waals surface area contributed by atoms with Gasteiger partial charge in [-0.05, 0) is 18.8 Å². The molecule has 0 aliphatic carbocycles. The van der Waals surface area contributed by atoms with Crippen molar-refractivity contribution in [1.82, 2.24) is 4.98 Å². The van der Waals surface area contributed by atoms with Gasteiger partial charge in [-0.25, -0.2) is 4.98 Å². The van der Waals surface area contributed by atoms with E-state index in [4.69, 9.17) is 0 Å². The number of thiazole rings is 1. The molecule has 0 aliphatic rings. The van der Waals surface area contributed by atoms with Crippen LogP contribution in [0, 0.1) is 0 Å². The number of hydrogen-bond donors (Lipinski definition) is 0. The van der Waals surface area contributed by atoms with Crippen molar-refractivity contribution in [2.45, 2.75) is 52.4 Å². The standard InChI is InChI=1S/C11H19NS/c1-5-9(6-2)11-12-10(7-13-11)8(3)4/h7-9H,5-6H2,1-4H3. The second-order valence-electron chi connectivity index (χ2n) is 3.78. The Labute approximate surface area is 85.2 Å². The minimum Gasteiger partial charge on any atom is -0.246 e. The lowest BCUT2D eigenvalue weighted by Crippen LogP contribution is -1.95. The van der Waals surface area contributed by atoms with Gasteiger partial charge in [0.25, 0.3) is 0 Å². The number of nitrogens with zero attached hydrogens (tertiary/aromatic N) is 1. The van der Waals surface area contributed by atoms with Gasteiger partial charge >= 0.3 is 0 Å². The molecular formula is C11H19NS. The molecular weight excluding hydrogens is 178 g/mol. The Morgan fingerprint density at radius 2 is 1.92 bits per heavy atom. The molecule has 2 heteroatoms. The Kier molecular flexibility index (Phi) is 3.91. The van der Waals surface area contributed by atoms with Crippen LogP contribution in [-0.2, 0) is 0 Å². The van der Waals surface area contributed by atoms with Crippen molar-refractivity contribution in [3.63, 3.8) is 0 Å². The van der Waals surface area contributed by atoms with E-state index in [9.17, 15) is 0 Å². The van der Waals surface area contributed by atoms with E-state index >= 15 is 0 Å². The highest BCUT2D eigenvalue weighted by atomic mass is 32.1. The molecule has 1 aromatic rings. The average Bonchev–Trinajstić information content (AvgIpc) is 2.56. The molecule has 0 aromatic carbocycles. The summed E-state index contributed by atoms with van der Waals surface area (Å²) in [5.41, 5.74) is 1.26. The Hall–Kier alpha value is -0.370. The van der Waals surface area contributed by atoms with Gasteiger partial charge in [0.2, 0.25) is 0 Å². The van der Waals surface area contributed by atoms with Gasteiger partial charge in [-0.3, -0.25) is 0 Å². The van der Waals surface area contributed by atoms with Crippen molar-refractivity contribution in [1.29, 1.82) is 0 Å². The fraction of sp³-hybridized carbons (Fsp3) is 0.727. The Balaban J connectivity index is 2.78. The minimum absolute atomic E-state index is 0.569. The molecule has 74 valence electrons. The van der Waals surface area contributed by atoms with Gasteiger partial charge in [-0.15, -0.1) is 11.3 Å². The summed E-state index contributed by atoms with van der Waals surface area (Å²) >= 11 is 1.82. The SMILES string of the molecule is CCC(CC)c1nc(C(C)C)cs1. The number of hydrogen-bond acceptors (Lipinski definition) is 2. The second kappa shape index (κ2) is 4.75. The highest BCUT2D eigenvalue weighted by Crippen LogP contribution is 2.28. The van der Waals surface area contributed by atoms with E-state index in [0.29, 0.717) is 11.8 Å². The van der Waals surface area contributed by atoms with Gasteiger partial charge in [0, 0.05) is 11.3 Å². The summed E-state index contributed by atoms with van der Waals surface area (Å²) in [5, 5.41) is 3.53. The zero-order valence-corrected chi connectivity index (χ0v) is 9.82. The molecule has 13 heavy (non-hydrogen) atoms. The minimum atomic E-state index is 0.569. The molecule has 1 nitrogen and oxygen atoms in total. The second-order valence-corrected chi connectivity index (χ2v) is 4.67. The Bertz CT molecular complexity index is 248. The van der Waals surface area contributed by atoms with Crippen molar-refractivity contribution in [3.05, 3.63) is 16.1 Å². The van der Waals surface area contributed by atoms with E-state index in [1.54, 1.807) is 0 Å². The molecule has 0 aliphatic heterocycles. The fourth-order valence-corrected chi connectivity index (χ4v) is 2.64. The Morgan fingerprint density at radius 1 is 1.31 bits per heavy atom. The van der Waals surface area contributed by atoms with Crippen LogP contribution in [0.25, 0.3) is 0 Å². The third-order valence-electron chi connectivity index (χ3n) is 2.47.